The van der Waals surface area contributed by atoms with Gasteiger partial charge in [-0.05, 0) is 47.4 Å². The summed E-state index contributed by atoms with van der Waals surface area (Å²) in [7, 11) is 0. The average molecular weight is 342 g/mol. The first-order chi connectivity index (χ1) is 9.25. The van der Waals surface area contributed by atoms with E-state index in [2.05, 4.69) is 20.9 Å². The van der Waals surface area contributed by atoms with Crippen molar-refractivity contribution in [2.75, 3.05) is 11.5 Å². The van der Waals surface area contributed by atoms with E-state index in [1.54, 1.807) is 0 Å². The molecule has 1 aliphatic carbocycles. The van der Waals surface area contributed by atoms with Crippen LogP contribution in [0.1, 0.15) is 67.6 Å². The minimum absolute atomic E-state index is 0.448. The fourth-order valence-corrected chi connectivity index (χ4v) is 4.80. The molecule has 1 saturated heterocycles. The third-order valence-corrected chi connectivity index (χ3v) is 6.32. The second kappa shape index (κ2) is 6.00. The fraction of sp³-hybridized carbons (Fsp3) is 0.714. The minimum atomic E-state index is 0.448. The lowest BCUT2D eigenvalue weighted by Gasteiger charge is -2.22. The molecular formula is C14H20BrN3S. The Labute approximate surface area is 127 Å². The molecule has 2 N–H and O–H groups in total. The molecule has 2 heterocycles. The number of aromatic nitrogens is 2. The van der Waals surface area contributed by atoms with Crippen LogP contribution in [0.2, 0.25) is 0 Å². The number of hydrogen-bond donors (Lipinski definition) is 1. The summed E-state index contributed by atoms with van der Waals surface area (Å²) >= 11 is 5.58. The molecule has 1 aromatic heterocycles. The number of halogens is 1. The molecule has 3 rings (SSSR count). The molecule has 2 fully saturated rings. The van der Waals surface area contributed by atoms with E-state index < -0.39 is 0 Å². The lowest BCUT2D eigenvalue weighted by molar-refractivity contribution is 0.639. The summed E-state index contributed by atoms with van der Waals surface area (Å²) in [5.41, 5.74) is 7.25. The fourth-order valence-electron chi connectivity index (χ4n) is 3.06. The number of anilines is 1. The number of nitrogen functional groups attached to an aromatic ring is 1. The van der Waals surface area contributed by atoms with Gasteiger partial charge in [-0.25, -0.2) is 9.97 Å². The average Bonchev–Trinajstić information content (AvgIpc) is 2.96. The van der Waals surface area contributed by atoms with Crippen LogP contribution in [0.15, 0.2) is 4.47 Å². The summed E-state index contributed by atoms with van der Waals surface area (Å²) in [4.78, 5) is 9.41. The number of rotatable bonds is 2. The first kappa shape index (κ1) is 13.7. The van der Waals surface area contributed by atoms with E-state index in [1.807, 2.05) is 11.8 Å². The van der Waals surface area contributed by atoms with E-state index in [1.165, 1.54) is 50.7 Å². The maximum absolute atomic E-state index is 6.09. The van der Waals surface area contributed by atoms with E-state index >= 15 is 0 Å². The molecule has 104 valence electrons. The summed E-state index contributed by atoms with van der Waals surface area (Å²) in [5, 5.41) is 0.448. The highest BCUT2D eigenvalue weighted by Gasteiger charge is 2.26. The number of hydrogen-bond acceptors (Lipinski definition) is 4. The zero-order valence-corrected chi connectivity index (χ0v) is 13.5. The maximum atomic E-state index is 6.09. The molecule has 2 aliphatic rings. The van der Waals surface area contributed by atoms with Gasteiger partial charge in [0.1, 0.15) is 11.6 Å². The molecule has 5 heteroatoms. The predicted octanol–water partition coefficient (Wildman–Crippen LogP) is 4.44. The first-order valence-electron chi connectivity index (χ1n) is 7.20. The summed E-state index contributed by atoms with van der Waals surface area (Å²) in [6, 6.07) is 0. The Kier molecular flexibility index (Phi) is 4.32. The highest BCUT2D eigenvalue weighted by atomic mass is 79.9. The topological polar surface area (TPSA) is 51.8 Å². The smallest absolute Gasteiger partial charge is 0.144 e. The van der Waals surface area contributed by atoms with Crippen LogP contribution in [0.4, 0.5) is 5.82 Å². The van der Waals surface area contributed by atoms with Crippen molar-refractivity contribution < 1.29 is 0 Å². The van der Waals surface area contributed by atoms with Crippen molar-refractivity contribution in [1.82, 2.24) is 9.97 Å². The third kappa shape index (κ3) is 2.92. The number of thioether (sulfide) groups is 1. The zero-order chi connectivity index (χ0) is 13.2. The van der Waals surface area contributed by atoms with Gasteiger partial charge in [0.05, 0.1) is 15.4 Å². The Morgan fingerprint density at radius 3 is 2.47 bits per heavy atom. The van der Waals surface area contributed by atoms with E-state index in [9.17, 15) is 0 Å². The van der Waals surface area contributed by atoms with Crippen molar-refractivity contribution in [2.45, 2.75) is 56.1 Å². The van der Waals surface area contributed by atoms with Crippen LogP contribution in [-0.4, -0.2) is 15.7 Å². The third-order valence-electron chi connectivity index (χ3n) is 4.13. The lowest BCUT2D eigenvalue weighted by atomic mass is 10.0. The van der Waals surface area contributed by atoms with Crippen LogP contribution in [0.3, 0.4) is 0 Å². The van der Waals surface area contributed by atoms with Crippen molar-refractivity contribution >= 4 is 33.5 Å². The molecule has 0 radical (unpaired) electrons. The molecule has 1 unspecified atom stereocenters. The molecule has 1 atom stereocenters. The van der Waals surface area contributed by atoms with Gasteiger partial charge in [0.2, 0.25) is 0 Å². The molecule has 3 nitrogen and oxygen atoms in total. The van der Waals surface area contributed by atoms with Gasteiger partial charge in [0.15, 0.2) is 0 Å². The van der Waals surface area contributed by atoms with Crippen LogP contribution >= 0.6 is 27.7 Å². The van der Waals surface area contributed by atoms with Crippen LogP contribution in [0.5, 0.6) is 0 Å². The Balaban J connectivity index is 1.92. The number of nitrogens with zero attached hydrogens (tertiary/aromatic N) is 2. The van der Waals surface area contributed by atoms with Gasteiger partial charge in [0, 0.05) is 5.92 Å². The Morgan fingerprint density at radius 1 is 1.05 bits per heavy atom. The van der Waals surface area contributed by atoms with E-state index in [0.717, 1.165) is 16.0 Å². The van der Waals surface area contributed by atoms with Crippen molar-refractivity contribution in [3.8, 4) is 0 Å². The molecule has 19 heavy (non-hydrogen) atoms. The summed E-state index contributed by atoms with van der Waals surface area (Å²) < 4.78 is 0.934. The van der Waals surface area contributed by atoms with Gasteiger partial charge in [-0.2, -0.15) is 11.8 Å². The Hall–Kier alpha value is -0.290. The van der Waals surface area contributed by atoms with Crippen molar-refractivity contribution in [3.05, 3.63) is 16.0 Å². The van der Waals surface area contributed by atoms with E-state index in [4.69, 9.17) is 10.7 Å². The van der Waals surface area contributed by atoms with Gasteiger partial charge >= 0.3 is 0 Å². The molecular weight excluding hydrogens is 322 g/mol. The van der Waals surface area contributed by atoms with Gasteiger partial charge in [-0.3, -0.25) is 0 Å². The van der Waals surface area contributed by atoms with Crippen LogP contribution in [0, 0.1) is 0 Å². The van der Waals surface area contributed by atoms with Crippen molar-refractivity contribution in [2.24, 2.45) is 0 Å². The van der Waals surface area contributed by atoms with Gasteiger partial charge < -0.3 is 5.73 Å². The second-order valence-electron chi connectivity index (χ2n) is 5.50. The van der Waals surface area contributed by atoms with Gasteiger partial charge in [-0.15, -0.1) is 0 Å². The normalized spacial score (nSPS) is 24.8. The highest BCUT2D eigenvalue weighted by Crippen LogP contribution is 2.41. The van der Waals surface area contributed by atoms with E-state index in [-0.39, 0.29) is 0 Å². The first-order valence-corrected chi connectivity index (χ1v) is 9.04. The second-order valence-corrected chi connectivity index (χ2v) is 7.61. The summed E-state index contributed by atoms with van der Waals surface area (Å²) in [6.45, 7) is 0. The largest absolute Gasteiger partial charge is 0.383 e. The lowest BCUT2D eigenvalue weighted by Crippen LogP contribution is -2.12. The number of nitrogens with two attached hydrogens (primary N) is 1. The monoisotopic (exact) mass is 341 g/mol. The molecule has 0 amide bonds. The molecule has 1 aliphatic heterocycles. The van der Waals surface area contributed by atoms with Crippen LogP contribution in [-0.2, 0) is 0 Å². The highest BCUT2D eigenvalue weighted by molar-refractivity contribution is 9.10. The molecule has 0 bridgehead atoms. The van der Waals surface area contributed by atoms with Gasteiger partial charge in [0.25, 0.3) is 0 Å². The Morgan fingerprint density at radius 2 is 1.79 bits per heavy atom. The minimum Gasteiger partial charge on any atom is -0.383 e. The van der Waals surface area contributed by atoms with Crippen LogP contribution in [0.25, 0.3) is 0 Å². The standard InChI is InChI=1S/C14H20BrN3S/c15-11-12(9-5-1-2-6-9)17-14(18-13(11)16)10-7-3-4-8-19-10/h9-10H,1-8H2,(H2,16,17,18). The summed E-state index contributed by atoms with van der Waals surface area (Å²) in [6.07, 6.45) is 8.91. The Bertz CT molecular complexity index is 454. The molecule has 0 spiro atoms. The molecule has 0 aromatic carbocycles. The molecule has 1 saturated carbocycles. The quantitative estimate of drug-likeness (QED) is 0.863. The van der Waals surface area contributed by atoms with E-state index in [0.29, 0.717) is 17.0 Å². The maximum Gasteiger partial charge on any atom is 0.144 e. The summed E-state index contributed by atoms with van der Waals surface area (Å²) in [5.74, 6) is 3.39. The van der Waals surface area contributed by atoms with Crippen molar-refractivity contribution in [3.63, 3.8) is 0 Å². The molecule has 1 aromatic rings. The van der Waals surface area contributed by atoms with Gasteiger partial charge in [-0.1, -0.05) is 19.3 Å². The predicted molar refractivity (Wildman–Crippen MR) is 84.4 cm³/mol. The van der Waals surface area contributed by atoms with Crippen LogP contribution < -0.4 is 5.73 Å². The van der Waals surface area contributed by atoms with Crippen molar-refractivity contribution in [1.29, 1.82) is 0 Å². The zero-order valence-electron chi connectivity index (χ0n) is 11.1. The SMILES string of the molecule is Nc1nc(C2CCCCS2)nc(C2CCCC2)c1Br.